The van der Waals surface area contributed by atoms with E-state index in [1.54, 1.807) is 10.7 Å². The first-order valence-corrected chi connectivity index (χ1v) is 5.57. The van der Waals surface area contributed by atoms with E-state index in [0.717, 1.165) is 23.4 Å². The van der Waals surface area contributed by atoms with Crippen LogP contribution in [-0.4, -0.2) is 9.78 Å². The van der Waals surface area contributed by atoms with Gasteiger partial charge in [0.25, 0.3) is 5.56 Å². The summed E-state index contributed by atoms with van der Waals surface area (Å²) < 4.78 is 1.77. The van der Waals surface area contributed by atoms with E-state index < -0.39 is 0 Å². The number of hydrogen-bond acceptors (Lipinski definition) is 1. The van der Waals surface area contributed by atoms with Gasteiger partial charge in [0, 0.05) is 16.8 Å². The highest BCUT2D eigenvalue weighted by Gasteiger charge is 2.05. The number of benzene rings is 1. The van der Waals surface area contributed by atoms with Crippen LogP contribution in [0.1, 0.15) is 18.2 Å². The second-order valence-corrected chi connectivity index (χ2v) is 4.14. The smallest absolute Gasteiger partial charge is 0.264 e. The van der Waals surface area contributed by atoms with Gasteiger partial charge in [-0.1, -0.05) is 24.6 Å². The lowest BCUT2D eigenvalue weighted by molar-refractivity contribution is 0.805. The molecule has 2 aromatic rings. The molecule has 3 nitrogen and oxygen atoms in total. The van der Waals surface area contributed by atoms with Crippen LogP contribution in [0.2, 0.25) is 5.02 Å². The molecule has 1 heterocycles. The maximum absolute atomic E-state index is 11.3. The van der Waals surface area contributed by atoms with Crippen LogP contribution >= 0.6 is 11.6 Å². The summed E-state index contributed by atoms with van der Waals surface area (Å²) in [5.41, 5.74) is 2.77. The summed E-state index contributed by atoms with van der Waals surface area (Å²) in [5.74, 6) is 0. The Balaban J connectivity index is 2.57. The van der Waals surface area contributed by atoms with Gasteiger partial charge in [0.1, 0.15) is 0 Å². The van der Waals surface area contributed by atoms with Crippen molar-refractivity contribution in [1.29, 1.82) is 0 Å². The highest BCUT2D eigenvalue weighted by molar-refractivity contribution is 6.31. The largest absolute Gasteiger partial charge is 0.268 e. The lowest BCUT2D eigenvalue weighted by Crippen LogP contribution is -2.05. The van der Waals surface area contributed by atoms with Crippen molar-refractivity contribution in [1.82, 2.24) is 9.78 Å². The van der Waals surface area contributed by atoms with Gasteiger partial charge in [0.15, 0.2) is 0 Å². The molecule has 0 spiro atoms. The fraction of sp³-hybridized carbons (Fsp3) is 0.250. The molecule has 2 rings (SSSR count). The lowest BCUT2D eigenvalue weighted by atomic mass is 10.2. The molecule has 1 aromatic carbocycles. The Hall–Kier alpha value is -1.48. The van der Waals surface area contributed by atoms with Crippen LogP contribution in [-0.2, 0) is 6.42 Å². The van der Waals surface area contributed by atoms with Gasteiger partial charge in [-0.05, 0) is 31.0 Å². The Morgan fingerprint density at radius 2 is 2.12 bits per heavy atom. The van der Waals surface area contributed by atoms with Crippen molar-refractivity contribution < 1.29 is 0 Å². The molecule has 0 saturated heterocycles. The highest BCUT2D eigenvalue weighted by Crippen LogP contribution is 2.19. The van der Waals surface area contributed by atoms with Crippen molar-refractivity contribution in [2.45, 2.75) is 20.3 Å². The zero-order valence-corrected chi connectivity index (χ0v) is 10.0. The Labute approximate surface area is 98.7 Å². The third-order valence-corrected chi connectivity index (χ3v) is 2.99. The lowest BCUT2D eigenvalue weighted by Gasteiger charge is -2.08. The topological polar surface area (TPSA) is 37.8 Å². The van der Waals surface area contributed by atoms with Crippen LogP contribution in [0.25, 0.3) is 5.69 Å². The summed E-state index contributed by atoms with van der Waals surface area (Å²) in [6.45, 7) is 3.96. The molecule has 0 amide bonds. The van der Waals surface area contributed by atoms with E-state index in [-0.39, 0.29) is 5.56 Å². The van der Waals surface area contributed by atoms with Crippen LogP contribution in [0.15, 0.2) is 29.1 Å². The van der Waals surface area contributed by atoms with E-state index in [9.17, 15) is 4.79 Å². The number of aryl methyl sites for hydroxylation is 2. The third-order valence-electron chi connectivity index (χ3n) is 2.58. The van der Waals surface area contributed by atoms with Crippen LogP contribution in [0.4, 0.5) is 0 Å². The molecule has 0 atom stereocenters. The first kappa shape index (κ1) is 11.0. The first-order chi connectivity index (χ1) is 7.61. The summed E-state index contributed by atoms with van der Waals surface area (Å²) >= 11 is 6.06. The van der Waals surface area contributed by atoms with E-state index in [1.807, 2.05) is 32.0 Å². The molecule has 0 aliphatic rings. The van der Waals surface area contributed by atoms with E-state index in [2.05, 4.69) is 5.10 Å². The van der Waals surface area contributed by atoms with Crippen molar-refractivity contribution in [2.75, 3.05) is 0 Å². The minimum atomic E-state index is -0.0893. The number of H-pyrrole nitrogens is 1. The van der Waals surface area contributed by atoms with Crippen LogP contribution in [0, 0.1) is 6.92 Å². The van der Waals surface area contributed by atoms with Crippen molar-refractivity contribution >= 4 is 11.6 Å². The summed E-state index contributed by atoms with van der Waals surface area (Å²) in [6.07, 6.45) is 0.796. The molecule has 0 aliphatic heterocycles. The Morgan fingerprint density at radius 1 is 1.38 bits per heavy atom. The fourth-order valence-corrected chi connectivity index (χ4v) is 1.82. The molecule has 1 N–H and O–H groups in total. The molecule has 0 saturated carbocycles. The summed E-state index contributed by atoms with van der Waals surface area (Å²) in [4.78, 5) is 11.3. The molecule has 84 valence electrons. The molecular formula is C12H13ClN2O. The van der Waals surface area contributed by atoms with Gasteiger partial charge in [-0.3, -0.25) is 14.6 Å². The number of rotatable bonds is 2. The monoisotopic (exact) mass is 236 g/mol. The third kappa shape index (κ3) is 1.91. The average molecular weight is 237 g/mol. The van der Waals surface area contributed by atoms with Crippen LogP contribution in [0.5, 0.6) is 0 Å². The molecule has 1 aromatic heterocycles. The zero-order valence-electron chi connectivity index (χ0n) is 9.25. The van der Waals surface area contributed by atoms with Gasteiger partial charge in [-0.2, -0.15) is 0 Å². The number of aromatic nitrogens is 2. The number of nitrogens with zero attached hydrogens (tertiary/aromatic N) is 1. The normalized spacial score (nSPS) is 10.7. The van der Waals surface area contributed by atoms with Gasteiger partial charge in [-0.15, -0.1) is 0 Å². The van der Waals surface area contributed by atoms with E-state index in [1.165, 1.54) is 0 Å². The zero-order chi connectivity index (χ0) is 11.7. The van der Waals surface area contributed by atoms with Crippen LogP contribution < -0.4 is 5.56 Å². The van der Waals surface area contributed by atoms with Gasteiger partial charge in [0.05, 0.1) is 5.69 Å². The maximum Gasteiger partial charge on any atom is 0.264 e. The van der Waals surface area contributed by atoms with Gasteiger partial charge < -0.3 is 0 Å². The number of hydrogen-bond donors (Lipinski definition) is 1. The van der Waals surface area contributed by atoms with Crippen molar-refractivity contribution in [3.05, 3.63) is 50.9 Å². The predicted octanol–water partition coefficient (Wildman–Crippen LogP) is 2.69. The fourth-order valence-electron chi connectivity index (χ4n) is 1.64. The van der Waals surface area contributed by atoms with Crippen molar-refractivity contribution in [2.24, 2.45) is 0 Å². The standard InChI is InChI=1S/C12H13ClN2O/c1-3-9-7-12(16)14-15(9)10-5-4-8(2)11(13)6-10/h4-7H,3H2,1-2H3,(H,14,16). The minimum Gasteiger partial charge on any atom is -0.268 e. The molecule has 0 fully saturated rings. The maximum atomic E-state index is 11.3. The van der Waals surface area contributed by atoms with E-state index in [4.69, 9.17) is 11.6 Å². The number of halogens is 1. The number of nitrogens with one attached hydrogen (secondary N) is 1. The van der Waals surface area contributed by atoms with Crippen molar-refractivity contribution in [3.8, 4) is 5.69 Å². The quantitative estimate of drug-likeness (QED) is 0.856. The molecule has 0 unspecified atom stereocenters. The number of aromatic amines is 1. The second kappa shape index (κ2) is 4.18. The highest BCUT2D eigenvalue weighted by atomic mass is 35.5. The molecule has 0 bridgehead atoms. The SMILES string of the molecule is CCc1cc(=O)[nH]n1-c1ccc(C)c(Cl)c1. The van der Waals surface area contributed by atoms with E-state index in [0.29, 0.717) is 5.02 Å². The van der Waals surface area contributed by atoms with Gasteiger partial charge >= 0.3 is 0 Å². The first-order valence-electron chi connectivity index (χ1n) is 5.19. The van der Waals surface area contributed by atoms with E-state index >= 15 is 0 Å². The second-order valence-electron chi connectivity index (χ2n) is 3.73. The summed E-state index contributed by atoms with van der Waals surface area (Å²) in [7, 11) is 0. The predicted molar refractivity (Wildman–Crippen MR) is 65.5 cm³/mol. The molecule has 4 heteroatoms. The molecule has 0 radical (unpaired) electrons. The van der Waals surface area contributed by atoms with Gasteiger partial charge in [-0.25, -0.2) is 0 Å². The molecule has 16 heavy (non-hydrogen) atoms. The van der Waals surface area contributed by atoms with Gasteiger partial charge in [0.2, 0.25) is 0 Å². The van der Waals surface area contributed by atoms with Crippen molar-refractivity contribution in [3.63, 3.8) is 0 Å². The Bertz CT molecular complexity index is 569. The summed E-state index contributed by atoms with van der Waals surface area (Å²) in [6, 6.07) is 7.34. The van der Waals surface area contributed by atoms with Crippen LogP contribution in [0.3, 0.4) is 0 Å². The average Bonchev–Trinajstić information content (AvgIpc) is 2.63. The summed E-state index contributed by atoms with van der Waals surface area (Å²) in [5, 5.41) is 3.46. The molecule has 0 aliphatic carbocycles. The minimum absolute atomic E-state index is 0.0893. The molecular weight excluding hydrogens is 224 g/mol. The Kier molecular flexibility index (Phi) is 2.88. The Morgan fingerprint density at radius 3 is 2.75 bits per heavy atom.